The molecular formula is C28H38FN7O4. The van der Waals surface area contributed by atoms with Gasteiger partial charge in [-0.15, -0.1) is 0 Å². The Labute approximate surface area is 234 Å². The van der Waals surface area contributed by atoms with Crippen molar-refractivity contribution < 1.29 is 23.5 Å². The van der Waals surface area contributed by atoms with Crippen molar-refractivity contribution in [2.75, 3.05) is 37.4 Å². The first-order chi connectivity index (χ1) is 19.1. The molecule has 40 heavy (non-hydrogen) atoms. The van der Waals surface area contributed by atoms with Crippen LogP contribution in [0.2, 0.25) is 0 Å². The van der Waals surface area contributed by atoms with Crippen LogP contribution < -0.4 is 20.7 Å². The van der Waals surface area contributed by atoms with E-state index in [-0.39, 0.29) is 13.0 Å². The molecule has 0 saturated carbocycles. The van der Waals surface area contributed by atoms with E-state index in [1.54, 1.807) is 52.4 Å². The summed E-state index contributed by atoms with van der Waals surface area (Å²) in [7, 11) is 1.55. The quantitative estimate of drug-likeness (QED) is 0.294. The highest BCUT2D eigenvalue weighted by Gasteiger charge is 2.41. The molecule has 0 bridgehead atoms. The molecule has 12 heteroatoms. The van der Waals surface area contributed by atoms with Crippen LogP contribution >= 0.6 is 0 Å². The molecule has 2 aromatic heterocycles. The first kappa shape index (κ1) is 30.4. The third-order valence-corrected chi connectivity index (χ3v) is 5.71. The van der Waals surface area contributed by atoms with Crippen LogP contribution in [0.4, 0.5) is 26.6 Å². The number of anilines is 3. The number of alkyl halides is 1. The topological polar surface area (TPSA) is 131 Å². The van der Waals surface area contributed by atoms with E-state index >= 15 is 0 Å². The normalized spacial score (nSPS) is 16.5. The van der Waals surface area contributed by atoms with Crippen LogP contribution in [0.5, 0.6) is 5.88 Å². The van der Waals surface area contributed by atoms with Gasteiger partial charge in [0.1, 0.15) is 23.6 Å². The van der Waals surface area contributed by atoms with Gasteiger partial charge in [0, 0.05) is 43.9 Å². The summed E-state index contributed by atoms with van der Waals surface area (Å²) in [5.74, 6) is 7.29. The van der Waals surface area contributed by atoms with Crippen LogP contribution in [0.1, 0.15) is 58.9 Å². The van der Waals surface area contributed by atoms with Crippen molar-refractivity contribution in [2.45, 2.75) is 71.2 Å². The monoisotopic (exact) mass is 555 g/mol. The molecule has 11 nitrogen and oxygen atoms in total. The Hall–Kier alpha value is -4.14. The molecule has 3 heterocycles. The van der Waals surface area contributed by atoms with Crippen LogP contribution in [-0.4, -0.2) is 76.4 Å². The molecule has 1 fully saturated rings. The van der Waals surface area contributed by atoms with Gasteiger partial charge in [-0.3, -0.25) is 9.69 Å². The number of pyridine rings is 1. The molecule has 0 radical (unpaired) electrons. The van der Waals surface area contributed by atoms with Gasteiger partial charge in [0.25, 0.3) is 0 Å². The molecule has 1 aliphatic heterocycles. The van der Waals surface area contributed by atoms with Gasteiger partial charge in [0.2, 0.25) is 17.7 Å². The molecule has 0 aliphatic carbocycles. The number of unbranched alkanes of at least 4 members (excludes halogenated alkanes) is 1. The lowest BCUT2D eigenvalue weighted by molar-refractivity contribution is -0.125. The molecule has 2 aromatic rings. The fourth-order valence-corrected chi connectivity index (χ4v) is 3.86. The van der Waals surface area contributed by atoms with E-state index in [9.17, 15) is 14.0 Å². The van der Waals surface area contributed by atoms with Crippen molar-refractivity contribution in [3.8, 4) is 17.7 Å². The summed E-state index contributed by atoms with van der Waals surface area (Å²) in [6, 6.07) is 2.64. The zero-order valence-corrected chi connectivity index (χ0v) is 23.7. The maximum atomic E-state index is 14.0. The van der Waals surface area contributed by atoms with E-state index in [1.807, 2.05) is 0 Å². The van der Waals surface area contributed by atoms with Gasteiger partial charge in [0.05, 0.1) is 25.4 Å². The lowest BCUT2D eigenvalue weighted by Gasteiger charge is -2.27. The van der Waals surface area contributed by atoms with Gasteiger partial charge < -0.3 is 25.4 Å². The molecule has 0 spiro atoms. The summed E-state index contributed by atoms with van der Waals surface area (Å²) in [4.78, 5) is 39.3. The minimum absolute atomic E-state index is 0.0437. The first-order valence-electron chi connectivity index (χ1n) is 13.4. The Morgan fingerprint density at radius 3 is 2.77 bits per heavy atom. The number of nitrogens with one attached hydrogen (secondary N) is 3. The van der Waals surface area contributed by atoms with Crippen LogP contribution in [-0.2, 0) is 9.53 Å². The van der Waals surface area contributed by atoms with Crippen LogP contribution in [0.25, 0.3) is 0 Å². The molecule has 3 rings (SSSR count). The average Bonchev–Trinajstić information content (AvgIpc) is 3.31. The maximum absolute atomic E-state index is 14.0. The van der Waals surface area contributed by atoms with E-state index in [0.717, 1.165) is 18.7 Å². The number of nitrogens with zero attached hydrogens (tertiary/aromatic N) is 4. The molecule has 0 unspecified atom stereocenters. The van der Waals surface area contributed by atoms with Gasteiger partial charge in [-0.25, -0.2) is 19.2 Å². The number of amides is 2. The average molecular weight is 556 g/mol. The zero-order chi connectivity index (χ0) is 29.1. The molecule has 1 saturated heterocycles. The van der Waals surface area contributed by atoms with Crippen molar-refractivity contribution in [2.24, 2.45) is 0 Å². The van der Waals surface area contributed by atoms with Gasteiger partial charge in [-0.1, -0.05) is 18.8 Å². The zero-order valence-electron chi connectivity index (χ0n) is 23.7. The first-order valence-corrected chi connectivity index (χ1v) is 13.4. The minimum Gasteiger partial charge on any atom is -0.481 e. The Morgan fingerprint density at radius 1 is 1.25 bits per heavy atom. The van der Waals surface area contributed by atoms with Crippen LogP contribution in [0.15, 0.2) is 24.5 Å². The number of ether oxygens (including phenoxy) is 2. The number of halogens is 1. The standard InChI is InChI=1S/C28H38FN7O4/c1-6-12-31-24-19(17-33-26(35-24)34-21-11-14-30-23(16-21)39-5)10-8-7-9-13-32-25(37)22-15-20(29)18-36(22)27(38)40-28(2,3)4/h11,14,16-17,20,22H,6-7,9,12-13,15,18H2,1-5H3,(H,32,37)(H2,30,31,33,34,35)/t20-,22-/m0/s1. The van der Waals surface area contributed by atoms with E-state index in [0.29, 0.717) is 42.6 Å². The lowest BCUT2D eigenvalue weighted by Crippen LogP contribution is -2.47. The maximum Gasteiger partial charge on any atom is 0.411 e. The second-order valence-corrected chi connectivity index (χ2v) is 10.3. The number of carbonyl (C=O) groups is 2. The number of hydrogen-bond acceptors (Lipinski definition) is 9. The SMILES string of the molecule is CCCNc1nc(Nc2ccnc(OC)c2)ncc1C#CCCCNC(=O)[C@@H]1C[C@H](F)CN1C(=O)OC(C)(C)C. The molecule has 1 aliphatic rings. The highest BCUT2D eigenvalue weighted by Crippen LogP contribution is 2.24. The van der Waals surface area contributed by atoms with Crippen molar-refractivity contribution in [1.29, 1.82) is 0 Å². The second-order valence-electron chi connectivity index (χ2n) is 10.3. The third-order valence-electron chi connectivity index (χ3n) is 5.71. The summed E-state index contributed by atoms with van der Waals surface area (Å²) in [6.45, 7) is 8.15. The van der Waals surface area contributed by atoms with Crippen molar-refractivity contribution in [1.82, 2.24) is 25.2 Å². The molecule has 216 valence electrons. The van der Waals surface area contributed by atoms with Gasteiger partial charge >= 0.3 is 6.09 Å². The number of hydrogen-bond donors (Lipinski definition) is 3. The number of methoxy groups -OCH3 is 1. The molecule has 0 aromatic carbocycles. The predicted molar refractivity (Wildman–Crippen MR) is 150 cm³/mol. The number of rotatable bonds is 10. The van der Waals surface area contributed by atoms with Crippen molar-refractivity contribution in [3.05, 3.63) is 30.1 Å². The highest BCUT2D eigenvalue weighted by atomic mass is 19.1. The Balaban J connectivity index is 1.54. The molecule has 2 amide bonds. The summed E-state index contributed by atoms with van der Waals surface area (Å²) in [5, 5.41) is 9.21. The fraction of sp³-hybridized carbons (Fsp3) is 0.536. The minimum atomic E-state index is -1.26. The van der Waals surface area contributed by atoms with Crippen molar-refractivity contribution in [3.63, 3.8) is 0 Å². The van der Waals surface area contributed by atoms with E-state index in [4.69, 9.17) is 9.47 Å². The van der Waals surface area contributed by atoms with Gasteiger partial charge in [-0.05, 0) is 39.7 Å². The highest BCUT2D eigenvalue weighted by molar-refractivity contribution is 5.86. The smallest absolute Gasteiger partial charge is 0.411 e. The van der Waals surface area contributed by atoms with E-state index < -0.39 is 29.8 Å². The summed E-state index contributed by atoms with van der Waals surface area (Å²) in [6.07, 6.45) is 3.29. The van der Waals surface area contributed by atoms with E-state index in [2.05, 4.69) is 49.7 Å². The van der Waals surface area contributed by atoms with Gasteiger partial charge in [-0.2, -0.15) is 4.98 Å². The Kier molecular flexibility index (Phi) is 10.9. The van der Waals surface area contributed by atoms with Crippen molar-refractivity contribution >= 4 is 29.5 Å². The second kappa shape index (κ2) is 14.3. The summed E-state index contributed by atoms with van der Waals surface area (Å²) >= 11 is 0. The number of carbonyl (C=O) groups excluding carboxylic acids is 2. The summed E-state index contributed by atoms with van der Waals surface area (Å²) < 4.78 is 24.5. The third kappa shape index (κ3) is 9.25. The Bertz CT molecular complexity index is 1230. The summed E-state index contributed by atoms with van der Waals surface area (Å²) in [5.41, 5.74) is 0.665. The molecule has 2 atom stereocenters. The van der Waals surface area contributed by atoms with Gasteiger partial charge in [0.15, 0.2) is 0 Å². The predicted octanol–water partition coefficient (Wildman–Crippen LogP) is 4.04. The van der Waals surface area contributed by atoms with Crippen LogP contribution in [0.3, 0.4) is 0 Å². The largest absolute Gasteiger partial charge is 0.481 e. The van der Waals surface area contributed by atoms with Crippen LogP contribution in [0, 0.1) is 11.8 Å². The fourth-order valence-electron chi connectivity index (χ4n) is 3.86. The number of likely N-dealkylation sites (tertiary alicyclic amines) is 1. The lowest BCUT2D eigenvalue weighted by atomic mass is 10.2. The Morgan fingerprint density at radius 2 is 2.05 bits per heavy atom. The van der Waals surface area contributed by atoms with E-state index in [1.165, 1.54) is 4.90 Å². The molecule has 3 N–H and O–H groups in total. The number of aromatic nitrogens is 3. The molecular weight excluding hydrogens is 517 g/mol.